The molecule has 0 aliphatic heterocycles. The Morgan fingerprint density at radius 1 is 1.07 bits per heavy atom. The van der Waals surface area contributed by atoms with Crippen LogP contribution in [0.4, 0.5) is 0 Å². The molecule has 0 atom stereocenters. The fraction of sp³-hybridized carbons (Fsp3) is 0. The highest BCUT2D eigenvalue weighted by atomic mass is 35.5. The molecule has 0 radical (unpaired) electrons. The molecule has 0 unspecified atom stereocenters. The van der Waals surface area contributed by atoms with Gasteiger partial charge in [-0.1, -0.05) is 17.7 Å². The van der Waals surface area contributed by atoms with Crippen LogP contribution in [0.25, 0.3) is 20.3 Å². The molecule has 1 nitrogen and oxygen atoms in total. The van der Waals surface area contributed by atoms with E-state index in [0.29, 0.717) is 0 Å². The van der Waals surface area contributed by atoms with Crippen LogP contribution in [-0.4, -0.2) is 4.98 Å². The Labute approximate surface area is 90.0 Å². The fourth-order valence-corrected chi connectivity index (χ4v) is 3.01. The van der Waals surface area contributed by atoms with E-state index in [9.17, 15) is 0 Å². The standard InChI is InChI=1S/C11H6ClNS/c12-7-3-1-4-8-10(7)11-9(14-8)5-2-6-13-11/h1-6H. The number of benzene rings is 1. The molecule has 0 spiro atoms. The van der Waals surface area contributed by atoms with Gasteiger partial charge in [0.15, 0.2) is 0 Å². The van der Waals surface area contributed by atoms with Gasteiger partial charge in [-0.25, -0.2) is 0 Å². The number of rotatable bonds is 0. The Bertz CT molecular complexity index is 615. The van der Waals surface area contributed by atoms with Crippen molar-refractivity contribution in [1.82, 2.24) is 4.98 Å². The first-order valence-electron chi connectivity index (χ1n) is 4.28. The average molecular weight is 220 g/mol. The second-order valence-electron chi connectivity index (χ2n) is 3.07. The van der Waals surface area contributed by atoms with Crippen molar-refractivity contribution in [2.45, 2.75) is 0 Å². The van der Waals surface area contributed by atoms with Crippen LogP contribution in [-0.2, 0) is 0 Å². The van der Waals surface area contributed by atoms with Crippen molar-refractivity contribution < 1.29 is 0 Å². The second-order valence-corrected chi connectivity index (χ2v) is 4.56. The average Bonchev–Trinajstić information content (AvgIpc) is 2.57. The topological polar surface area (TPSA) is 12.9 Å². The molecule has 3 aromatic rings. The van der Waals surface area contributed by atoms with E-state index in [1.54, 1.807) is 17.5 Å². The minimum Gasteiger partial charge on any atom is -0.255 e. The number of pyridine rings is 1. The van der Waals surface area contributed by atoms with Gasteiger partial charge in [0.1, 0.15) is 0 Å². The summed E-state index contributed by atoms with van der Waals surface area (Å²) in [5.74, 6) is 0. The lowest BCUT2D eigenvalue weighted by Crippen LogP contribution is -1.72. The number of nitrogens with zero attached hydrogens (tertiary/aromatic N) is 1. The van der Waals surface area contributed by atoms with E-state index in [-0.39, 0.29) is 0 Å². The third kappa shape index (κ3) is 1.04. The monoisotopic (exact) mass is 219 g/mol. The Kier molecular flexibility index (Phi) is 1.72. The summed E-state index contributed by atoms with van der Waals surface area (Å²) >= 11 is 7.87. The van der Waals surface area contributed by atoms with Crippen LogP contribution in [0.2, 0.25) is 5.02 Å². The van der Waals surface area contributed by atoms with E-state index < -0.39 is 0 Å². The maximum absolute atomic E-state index is 6.14. The number of hydrogen-bond donors (Lipinski definition) is 0. The molecule has 68 valence electrons. The quantitative estimate of drug-likeness (QED) is 0.555. The molecule has 0 N–H and O–H groups in total. The molecule has 0 saturated carbocycles. The summed E-state index contributed by atoms with van der Waals surface area (Å²) < 4.78 is 2.39. The fourth-order valence-electron chi connectivity index (χ4n) is 1.60. The summed E-state index contributed by atoms with van der Waals surface area (Å²) in [4.78, 5) is 4.36. The van der Waals surface area contributed by atoms with E-state index in [1.165, 1.54) is 9.40 Å². The van der Waals surface area contributed by atoms with Gasteiger partial charge in [-0.05, 0) is 24.3 Å². The van der Waals surface area contributed by atoms with Gasteiger partial charge in [-0.2, -0.15) is 0 Å². The normalized spacial score (nSPS) is 11.2. The van der Waals surface area contributed by atoms with Crippen LogP contribution < -0.4 is 0 Å². The van der Waals surface area contributed by atoms with E-state index in [4.69, 9.17) is 11.6 Å². The first-order valence-corrected chi connectivity index (χ1v) is 5.47. The maximum Gasteiger partial charge on any atom is 0.0903 e. The van der Waals surface area contributed by atoms with Gasteiger partial charge in [-0.3, -0.25) is 4.98 Å². The van der Waals surface area contributed by atoms with E-state index in [2.05, 4.69) is 17.1 Å². The molecular formula is C11H6ClNS. The van der Waals surface area contributed by atoms with Crippen LogP contribution in [0.3, 0.4) is 0 Å². The highest BCUT2D eigenvalue weighted by Gasteiger charge is 2.07. The van der Waals surface area contributed by atoms with Gasteiger partial charge >= 0.3 is 0 Å². The van der Waals surface area contributed by atoms with Crippen molar-refractivity contribution in [2.24, 2.45) is 0 Å². The molecule has 3 heteroatoms. The Hall–Kier alpha value is -1.12. The van der Waals surface area contributed by atoms with E-state index in [1.807, 2.05) is 18.2 Å². The molecule has 0 fully saturated rings. The summed E-state index contributed by atoms with van der Waals surface area (Å²) in [6.45, 7) is 0. The lowest BCUT2D eigenvalue weighted by molar-refractivity contribution is 1.44. The summed E-state index contributed by atoms with van der Waals surface area (Å²) in [7, 11) is 0. The lowest BCUT2D eigenvalue weighted by atomic mass is 10.2. The Balaban J connectivity index is 2.65. The van der Waals surface area contributed by atoms with Gasteiger partial charge in [-0.15, -0.1) is 11.3 Å². The molecule has 2 heterocycles. The molecule has 0 aliphatic carbocycles. The van der Waals surface area contributed by atoms with Crippen LogP contribution in [0.5, 0.6) is 0 Å². The summed E-state index contributed by atoms with van der Waals surface area (Å²) in [6.07, 6.45) is 1.80. The first kappa shape index (κ1) is 8.21. The molecule has 14 heavy (non-hydrogen) atoms. The maximum atomic E-state index is 6.14. The predicted octanol–water partition coefficient (Wildman–Crippen LogP) is 4.10. The van der Waals surface area contributed by atoms with Gasteiger partial charge in [0.2, 0.25) is 0 Å². The van der Waals surface area contributed by atoms with E-state index >= 15 is 0 Å². The molecule has 0 bridgehead atoms. The van der Waals surface area contributed by atoms with Gasteiger partial charge in [0, 0.05) is 16.3 Å². The molecule has 3 rings (SSSR count). The number of thiophene rings is 1. The molecule has 0 aliphatic rings. The summed E-state index contributed by atoms with van der Waals surface area (Å²) in [5.41, 5.74) is 1.01. The van der Waals surface area contributed by atoms with Crippen molar-refractivity contribution in [2.75, 3.05) is 0 Å². The smallest absolute Gasteiger partial charge is 0.0903 e. The van der Waals surface area contributed by atoms with Crippen LogP contribution in [0.1, 0.15) is 0 Å². The largest absolute Gasteiger partial charge is 0.255 e. The molecule has 2 aromatic heterocycles. The van der Waals surface area contributed by atoms with Gasteiger partial charge in [0.05, 0.1) is 15.2 Å². The van der Waals surface area contributed by atoms with Crippen molar-refractivity contribution in [3.8, 4) is 0 Å². The zero-order valence-electron chi connectivity index (χ0n) is 7.20. The molecule has 0 amide bonds. The van der Waals surface area contributed by atoms with Crippen molar-refractivity contribution >= 4 is 43.2 Å². The number of aromatic nitrogens is 1. The van der Waals surface area contributed by atoms with Crippen LogP contribution >= 0.6 is 22.9 Å². The Morgan fingerprint density at radius 2 is 1.93 bits per heavy atom. The second kappa shape index (κ2) is 2.94. The summed E-state index contributed by atoms with van der Waals surface area (Å²) in [6, 6.07) is 9.98. The summed E-state index contributed by atoms with van der Waals surface area (Å²) in [5, 5.41) is 1.86. The third-order valence-electron chi connectivity index (χ3n) is 2.20. The van der Waals surface area contributed by atoms with Crippen LogP contribution in [0.15, 0.2) is 36.5 Å². The Morgan fingerprint density at radius 3 is 2.86 bits per heavy atom. The zero-order valence-corrected chi connectivity index (χ0v) is 8.77. The van der Waals surface area contributed by atoms with Crippen molar-refractivity contribution in [1.29, 1.82) is 0 Å². The lowest BCUT2D eigenvalue weighted by Gasteiger charge is -1.92. The van der Waals surface area contributed by atoms with Crippen molar-refractivity contribution in [3.05, 3.63) is 41.6 Å². The van der Waals surface area contributed by atoms with Crippen LogP contribution in [0, 0.1) is 0 Å². The molecular weight excluding hydrogens is 214 g/mol. The third-order valence-corrected chi connectivity index (χ3v) is 3.63. The predicted molar refractivity (Wildman–Crippen MR) is 62.1 cm³/mol. The van der Waals surface area contributed by atoms with Gasteiger partial charge in [0.25, 0.3) is 0 Å². The minimum atomic E-state index is 0.785. The zero-order chi connectivity index (χ0) is 9.54. The highest BCUT2D eigenvalue weighted by molar-refractivity contribution is 7.25. The van der Waals surface area contributed by atoms with Crippen molar-refractivity contribution in [3.63, 3.8) is 0 Å². The SMILES string of the molecule is Clc1cccc2sc3cccnc3c12. The van der Waals surface area contributed by atoms with E-state index in [0.717, 1.165) is 15.9 Å². The molecule has 0 saturated heterocycles. The van der Waals surface area contributed by atoms with Gasteiger partial charge < -0.3 is 0 Å². The first-order chi connectivity index (χ1) is 6.86. The number of hydrogen-bond acceptors (Lipinski definition) is 2. The number of fused-ring (bicyclic) bond motifs is 3. The number of halogens is 1. The highest BCUT2D eigenvalue weighted by Crippen LogP contribution is 2.36. The minimum absolute atomic E-state index is 0.785. The molecule has 1 aromatic carbocycles.